The van der Waals surface area contributed by atoms with E-state index in [2.05, 4.69) is 0 Å². The van der Waals surface area contributed by atoms with Gasteiger partial charge in [-0.15, -0.1) is 0 Å². The number of phenols is 2. The van der Waals surface area contributed by atoms with Crippen molar-refractivity contribution in [2.45, 2.75) is 13.1 Å². The molecule has 0 radical (unpaired) electrons. The molecule has 10 heteroatoms. The first-order valence-corrected chi connectivity index (χ1v) is 11.4. The summed E-state index contributed by atoms with van der Waals surface area (Å²) in [6, 6.07) is 10.2. The number of benzene rings is 2. The van der Waals surface area contributed by atoms with E-state index in [1.54, 1.807) is 34.1 Å². The molecule has 6 N–H and O–H groups in total. The van der Waals surface area contributed by atoms with Gasteiger partial charge in [0.25, 0.3) is 0 Å². The van der Waals surface area contributed by atoms with Crippen LogP contribution in [0, 0.1) is 0 Å². The fourth-order valence-electron chi connectivity index (χ4n) is 4.08. The minimum atomic E-state index is -0.503. The van der Waals surface area contributed by atoms with Gasteiger partial charge in [0.2, 0.25) is 0 Å². The van der Waals surface area contributed by atoms with E-state index in [0.29, 0.717) is 5.56 Å². The summed E-state index contributed by atoms with van der Waals surface area (Å²) in [5, 5.41) is 59.8. The van der Waals surface area contributed by atoms with Crippen molar-refractivity contribution < 1.29 is 35.1 Å². The number of nitrogens with zero attached hydrogens (tertiary/aromatic N) is 2. The number of aromatic hydroxyl groups is 2. The Hall–Kier alpha value is -2.99. The lowest BCUT2D eigenvalue weighted by molar-refractivity contribution is 0.152. The Balaban J connectivity index is 2.26. The van der Waals surface area contributed by atoms with Crippen molar-refractivity contribution >= 4 is 11.0 Å². The van der Waals surface area contributed by atoms with Crippen molar-refractivity contribution in [3.05, 3.63) is 57.7 Å². The third-order valence-corrected chi connectivity index (χ3v) is 5.80. The highest BCUT2D eigenvalue weighted by Gasteiger charge is 2.26. The van der Waals surface area contributed by atoms with Crippen LogP contribution >= 0.6 is 0 Å². The molecule has 10 nitrogen and oxygen atoms in total. The number of hydrogen-bond acceptors (Lipinski definition) is 10. The first-order valence-electron chi connectivity index (χ1n) is 11.4. The van der Waals surface area contributed by atoms with Gasteiger partial charge >= 0.3 is 0 Å². The van der Waals surface area contributed by atoms with Crippen LogP contribution in [0.25, 0.3) is 22.3 Å². The van der Waals surface area contributed by atoms with Crippen LogP contribution in [-0.4, -0.2) is 93.0 Å². The van der Waals surface area contributed by atoms with Crippen molar-refractivity contribution in [1.82, 2.24) is 9.80 Å². The number of aliphatic hydroxyl groups excluding tert-OH is 4. The van der Waals surface area contributed by atoms with Crippen LogP contribution in [0.4, 0.5) is 0 Å². The van der Waals surface area contributed by atoms with Crippen molar-refractivity contribution in [3.8, 4) is 22.8 Å². The molecule has 1 heterocycles. The Morgan fingerprint density at radius 2 is 1.23 bits per heavy atom. The van der Waals surface area contributed by atoms with E-state index in [1.165, 1.54) is 6.07 Å². The molecule has 190 valence electrons. The molecule has 1 aromatic heterocycles. The summed E-state index contributed by atoms with van der Waals surface area (Å²) in [7, 11) is 0. The highest BCUT2D eigenvalue weighted by atomic mass is 16.3. The molecule has 0 aliphatic carbocycles. The second kappa shape index (κ2) is 12.6. The fourth-order valence-corrected chi connectivity index (χ4v) is 4.08. The summed E-state index contributed by atoms with van der Waals surface area (Å²) < 4.78 is 6.07. The van der Waals surface area contributed by atoms with Gasteiger partial charge in [0.15, 0.2) is 11.0 Å². The standard InChI is InChI=1S/C25H32N2O8/c28-10-6-26(7-11-29)15-18-23(33)19(16-27(8-12-30)9-13-31)25-22(24(18)34)20(32)14-21(35-25)17-4-2-1-3-5-17/h1-5,14,28-31,33-34H,6-13,15-16H2. The molecule has 0 amide bonds. The van der Waals surface area contributed by atoms with Gasteiger partial charge in [-0.25, -0.2) is 0 Å². The number of phenolic OH excluding ortho intramolecular Hbond substituents is 2. The van der Waals surface area contributed by atoms with E-state index in [4.69, 9.17) is 4.42 Å². The SMILES string of the molecule is O=c1cc(-c2ccccc2)oc2c(CN(CCO)CCO)c(O)c(CN(CCO)CCO)c(O)c12. The molecule has 0 saturated heterocycles. The fraction of sp³-hybridized carbons (Fsp3) is 0.400. The molecular formula is C25H32N2O8. The van der Waals surface area contributed by atoms with Crippen LogP contribution in [0.5, 0.6) is 11.5 Å². The van der Waals surface area contributed by atoms with Gasteiger partial charge in [0, 0.05) is 50.9 Å². The normalized spacial score (nSPS) is 11.7. The number of hydrogen-bond donors (Lipinski definition) is 6. The summed E-state index contributed by atoms with van der Waals surface area (Å²) >= 11 is 0. The second-order valence-corrected chi connectivity index (χ2v) is 8.15. The van der Waals surface area contributed by atoms with Crippen LogP contribution in [-0.2, 0) is 13.1 Å². The average molecular weight is 489 g/mol. The lowest BCUT2D eigenvalue weighted by Crippen LogP contribution is -2.31. The van der Waals surface area contributed by atoms with Crippen LogP contribution in [0.3, 0.4) is 0 Å². The molecule has 3 aromatic rings. The van der Waals surface area contributed by atoms with Crippen LogP contribution in [0.2, 0.25) is 0 Å². The zero-order valence-corrected chi connectivity index (χ0v) is 19.4. The summed E-state index contributed by atoms with van der Waals surface area (Å²) in [5.41, 5.74) is 0.420. The predicted octanol–water partition coefficient (Wildman–Crippen LogP) is 0.444. The Bertz CT molecular complexity index is 1150. The Labute approximate surface area is 202 Å². The highest BCUT2D eigenvalue weighted by Crippen LogP contribution is 2.41. The van der Waals surface area contributed by atoms with Gasteiger partial charge in [0.05, 0.1) is 37.6 Å². The minimum Gasteiger partial charge on any atom is -0.507 e. The quantitative estimate of drug-likeness (QED) is 0.199. The predicted molar refractivity (Wildman–Crippen MR) is 130 cm³/mol. The minimum absolute atomic E-state index is 0.00634. The summed E-state index contributed by atoms with van der Waals surface area (Å²) in [4.78, 5) is 16.5. The molecule has 0 bridgehead atoms. The third-order valence-electron chi connectivity index (χ3n) is 5.80. The summed E-state index contributed by atoms with van der Waals surface area (Å²) in [6.07, 6.45) is 0. The molecule has 0 saturated carbocycles. The summed E-state index contributed by atoms with van der Waals surface area (Å²) in [6.45, 7) is -0.0582. The van der Waals surface area contributed by atoms with Crippen LogP contribution in [0.15, 0.2) is 45.6 Å². The number of aliphatic hydroxyl groups is 4. The van der Waals surface area contributed by atoms with Gasteiger partial charge in [-0.3, -0.25) is 14.6 Å². The van der Waals surface area contributed by atoms with Gasteiger partial charge in [-0.2, -0.15) is 0 Å². The van der Waals surface area contributed by atoms with Crippen molar-refractivity contribution in [2.24, 2.45) is 0 Å². The maximum absolute atomic E-state index is 13.2. The smallest absolute Gasteiger partial charge is 0.197 e. The Morgan fingerprint density at radius 3 is 1.74 bits per heavy atom. The van der Waals surface area contributed by atoms with Gasteiger partial charge in [-0.05, 0) is 0 Å². The number of fused-ring (bicyclic) bond motifs is 1. The first kappa shape index (κ1) is 26.6. The molecule has 2 aromatic carbocycles. The van der Waals surface area contributed by atoms with E-state index >= 15 is 0 Å². The van der Waals surface area contributed by atoms with E-state index in [-0.39, 0.29) is 99.3 Å². The number of rotatable bonds is 13. The Morgan fingerprint density at radius 1 is 0.714 bits per heavy atom. The molecule has 0 fully saturated rings. The summed E-state index contributed by atoms with van der Waals surface area (Å²) in [5.74, 6) is -0.481. The third kappa shape index (κ3) is 6.17. The molecule has 0 spiro atoms. The lowest BCUT2D eigenvalue weighted by atomic mass is 10.00. The van der Waals surface area contributed by atoms with E-state index in [0.717, 1.165) is 0 Å². The lowest BCUT2D eigenvalue weighted by Gasteiger charge is -2.25. The monoisotopic (exact) mass is 488 g/mol. The maximum atomic E-state index is 13.2. The van der Waals surface area contributed by atoms with E-state index in [9.17, 15) is 35.4 Å². The van der Waals surface area contributed by atoms with Crippen LogP contribution < -0.4 is 5.43 Å². The van der Waals surface area contributed by atoms with Crippen molar-refractivity contribution in [3.63, 3.8) is 0 Å². The molecule has 0 unspecified atom stereocenters. The van der Waals surface area contributed by atoms with E-state index in [1.807, 2.05) is 6.07 Å². The van der Waals surface area contributed by atoms with Gasteiger partial charge < -0.3 is 35.1 Å². The van der Waals surface area contributed by atoms with Crippen molar-refractivity contribution in [2.75, 3.05) is 52.6 Å². The zero-order chi connectivity index (χ0) is 25.4. The van der Waals surface area contributed by atoms with Gasteiger partial charge in [-0.1, -0.05) is 30.3 Å². The second-order valence-electron chi connectivity index (χ2n) is 8.15. The highest BCUT2D eigenvalue weighted by molar-refractivity contribution is 5.91. The maximum Gasteiger partial charge on any atom is 0.197 e. The topological polar surface area (TPSA) is 158 Å². The largest absolute Gasteiger partial charge is 0.507 e. The molecule has 0 aliphatic heterocycles. The molecular weight excluding hydrogens is 456 g/mol. The van der Waals surface area contributed by atoms with E-state index < -0.39 is 11.2 Å². The van der Waals surface area contributed by atoms with Crippen LogP contribution in [0.1, 0.15) is 11.1 Å². The molecule has 3 rings (SSSR count). The van der Waals surface area contributed by atoms with Gasteiger partial charge in [0.1, 0.15) is 22.6 Å². The van der Waals surface area contributed by atoms with Crippen molar-refractivity contribution in [1.29, 1.82) is 0 Å². The Kier molecular flexibility index (Phi) is 9.61. The average Bonchev–Trinajstić information content (AvgIpc) is 2.85. The first-order chi connectivity index (χ1) is 16.9. The molecule has 35 heavy (non-hydrogen) atoms. The molecule has 0 atom stereocenters. The molecule has 0 aliphatic rings. The zero-order valence-electron chi connectivity index (χ0n) is 19.4.